The Kier molecular flexibility index (Phi) is 4.92. The van der Waals surface area contributed by atoms with Crippen molar-refractivity contribution in [2.45, 2.75) is 46.1 Å². The lowest BCUT2D eigenvalue weighted by Crippen LogP contribution is -2.30. The van der Waals surface area contributed by atoms with Crippen LogP contribution >= 0.6 is 0 Å². The van der Waals surface area contributed by atoms with Gasteiger partial charge in [-0.1, -0.05) is 26.8 Å². The number of allylic oxidation sites excluding steroid dienone is 1. The van der Waals surface area contributed by atoms with Gasteiger partial charge < -0.3 is 5.11 Å². The number of carbonyl (C=O) groups excluding carboxylic acids is 1. The second-order valence-electron chi connectivity index (χ2n) is 4.09. The first-order chi connectivity index (χ1) is 5.94. The maximum Gasteiger partial charge on any atom is 0.135 e. The van der Waals surface area contributed by atoms with Crippen LogP contribution in [-0.4, -0.2) is 17.0 Å². The third-order valence-electron chi connectivity index (χ3n) is 2.39. The van der Waals surface area contributed by atoms with E-state index in [2.05, 4.69) is 6.58 Å². The maximum absolute atomic E-state index is 11.1. The van der Waals surface area contributed by atoms with Crippen LogP contribution in [-0.2, 0) is 4.79 Å². The van der Waals surface area contributed by atoms with E-state index in [-0.39, 0.29) is 17.6 Å². The highest BCUT2D eigenvalue weighted by atomic mass is 16.3. The van der Waals surface area contributed by atoms with Crippen molar-refractivity contribution in [2.24, 2.45) is 5.41 Å². The molecule has 0 aliphatic heterocycles. The van der Waals surface area contributed by atoms with Crippen LogP contribution in [0, 0.1) is 5.41 Å². The summed E-state index contributed by atoms with van der Waals surface area (Å²) in [6, 6.07) is 0. The number of aliphatic hydroxyl groups is 1. The molecule has 0 rings (SSSR count). The van der Waals surface area contributed by atoms with E-state index < -0.39 is 6.10 Å². The Bertz CT molecular complexity index is 183. The van der Waals surface area contributed by atoms with Gasteiger partial charge in [-0.15, -0.1) is 6.58 Å². The molecule has 0 spiro atoms. The summed E-state index contributed by atoms with van der Waals surface area (Å²) in [4.78, 5) is 11.1. The number of aliphatic hydroxyl groups excluding tert-OH is 1. The minimum atomic E-state index is -0.557. The Balaban J connectivity index is 4.14. The zero-order chi connectivity index (χ0) is 10.5. The molecule has 13 heavy (non-hydrogen) atoms. The molecule has 0 bridgehead atoms. The van der Waals surface area contributed by atoms with E-state index in [1.165, 1.54) is 0 Å². The highest BCUT2D eigenvalue weighted by molar-refractivity contribution is 5.78. The summed E-state index contributed by atoms with van der Waals surface area (Å²) in [7, 11) is 0. The van der Waals surface area contributed by atoms with Crippen molar-refractivity contribution in [3.63, 3.8) is 0 Å². The van der Waals surface area contributed by atoms with Gasteiger partial charge in [-0.25, -0.2) is 0 Å². The third kappa shape index (κ3) is 4.23. The third-order valence-corrected chi connectivity index (χ3v) is 2.39. The van der Waals surface area contributed by atoms with Crippen molar-refractivity contribution in [3.05, 3.63) is 12.7 Å². The Morgan fingerprint density at radius 3 is 2.54 bits per heavy atom. The van der Waals surface area contributed by atoms with Gasteiger partial charge in [-0.05, 0) is 11.8 Å². The van der Waals surface area contributed by atoms with Gasteiger partial charge in [0.05, 0.1) is 6.10 Å². The van der Waals surface area contributed by atoms with E-state index in [9.17, 15) is 9.90 Å². The summed E-state index contributed by atoms with van der Waals surface area (Å²) >= 11 is 0. The lowest BCUT2D eigenvalue weighted by molar-refractivity contribution is -0.122. The SMILES string of the molecule is C=CCC(C)(C)C(O)CC(=O)CC. The quantitative estimate of drug-likeness (QED) is 0.643. The predicted octanol–water partition coefficient (Wildman–Crippen LogP) is 2.32. The molecule has 0 aromatic heterocycles. The van der Waals surface area contributed by atoms with Crippen LogP contribution in [0.2, 0.25) is 0 Å². The molecule has 0 aromatic rings. The van der Waals surface area contributed by atoms with Crippen molar-refractivity contribution in [1.82, 2.24) is 0 Å². The molecule has 2 heteroatoms. The van der Waals surface area contributed by atoms with Gasteiger partial charge in [0.25, 0.3) is 0 Å². The monoisotopic (exact) mass is 184 g/mol. The van der Waals surface area contributed by atoms with E-state index in [4.69, 9.17) is 0 Å². The fraction of sp³-hybridized carbons (Fsp3) is 0.727. The summed E-state index contributed by atoms with van der Waals surface area (Å²) in [5, 5.41) is 9.74. The van der Waals surface area contributed by atoms with Crippen molar-refractivity contribution in [1.29, 1.82) is 0 Å². The molecule has 1 atom stereocenters. The molecule has 0 amide bonds. The largest absolute Gasteiger partial charge is 0.392 e. The number of hydrogen-bond acceptors (Lipinski definition) is 2. The Morgan fingerprint density at radius 2 is 2.15 bits per heavy atom. The average Bonchev–Trinajstić information content (AvgIpc) is 2.04. The van der Waals surface area contributed by atoms with Gasteiger partial charge in [0.1, 0.15) is 5.78 Å². The summed E-state index contributed by atoms with van der Waals surface area (Å²) < 4.78 is 0. The van der Waals surface area contributed by atoms with Gasteiger partial charge >= 0.3 is 0 Å². The average molecular weight is 184 g/mol. The molecule has 1 N–H and O–H groups in total. The van der Waals surface area contributed by atoms with Gasteiger partial charge in [0.15, 0.2) is 0 Å². The molecule has 0 aromatic carbocycles. The topological polar surface area (TPSA) is 37.3 Å². The number of hydrogen-bond donors (Lipinski definition) is 1. The van der Waals surface area contributed by atoms with Crippen LogP contribution in [0.15, 0.2) is 12.7 Å². The van der Waals surface area contributed by atoms with Crippen LogP contribution in [0.1, 0.15) is 40.0 Å². The first-order valence-electron chi connectivity index (χ1n) is 4.74. The summed E-state index contributed by atoms with van der Waals surface area (Å²) in [5.74, 6) is 0.115. The van der Waals surface area contributed by atoms with Crippen molar-refractivity contribution >= 4 is 5.78 Å². The molecule has 0 saturated carbocycles. The van der Waals surface area contributed by atoms with E-state index in [1.54, 1.807) is 6.08 Å². The second-order valence-corrected chi connectivity index (χ2v) is 4.09. The van der Waals surface area contributed by atoms with Crippen molar-refractivity contribution < 1.29 is 9.90 Å². The highest BCUT2D eigenvalue weighted by Gasteiger charge is 2.27. The number of ketones is 1. The summed E-state index contributed by atoms with van der Waals surface area (Å²) in [6.45, 7) is 9.34. The van der Waals surface area contributed by atoms with E-state index in [0.717, 1.165) is 6.42 Å². The molecule has 0 aliphatic carbocycles. The van der Waals surface area contributed by atoms with Crippen molar-refractivity contribution in [2.75, 3.05) is 0 Å². The first-order valence-corrected chi connectivity index (χ1v) is 4.74. The lowest BCUT2D eigenvalue weighted by atomic mass is 9.81. The zero-order valence-corrected chi connectivity index (χ0v) is 8.84. The first kappa shape index (κ1) is 12.4. The van der Waals surface area contributed by atoms with Gasteiger partial charge in [-0.2, -0.15) is 0 Å². The van der Waals surface area contributed by atoms with Crippen LogP contribution in [0.5, 0.6) is 0 Å². The molecule has 76 valence electrons. The molecule has 0 radical (unpaired) electrons. The Hall–Kier alpha value is -0.630. The predicted molar refractivity (Wildman–Crippen MR) is 54.5 cm³/mol. The van der Waals surface area contributed by atoms with E-state index in [0.29, 0.717) is 6.42 Å². The second kappa shape index (κ2) is 5.18. The summed E-state index contributed by atoms with van der Waals surface area (Å²) in [6.07, 6.45) is 2.71. The van der Waals surface area contributed by atoms with Crippen molar-refractivity contribution in [3.8, 4) is 0 Å². The lowest BCUT2D eigenvalue weighted by Gasteiger charge is -2.28. The number of rotatable bonds is 6. The number of Topliss-reactive ketones (excluding diaryl/α,β-unsaturated/α-hetero) is 1. The molecule has 0 heterocycles. The van der Waals surface area contributed by atoms with Gasteiger partial charge in [0, 0.05) is 12.8 Å². The zero-order valence-electron chi connectivity index (χ0n) is 8.84. The highest BCUT2D eigenvalue weighted by Crippen LogP contribution is 2.27. The Morgan fingerprint density at radius 1 is 1.62 bits per heavy atom. The molecule has 0 aliphatic rings. The maximum atomic E-state index is 11.1. The summed E-state index contributed by atoms with van der Waals surface area (Å²) in [5.41, 5.74) is -0.243. The van der Waals surface area contributed by atoms with Crippen LogP contribution in [0.4, 0.5) is 0 Å². The van der Waals surface area contributed by atoms with E-state index >= 15 is 0 Å². The molecular weight excluding hydrogens is 164 g/mol. The van der Waals surface area contributed by atoms with Gasteiger partial charge in [0.2, 0.25) is 0 Å². The van der Waals surface area contributed by atoms with E-state index in [1.807, 2.05) is 20.8 Å². The van der Waals surface area contributed by atoms with Crippen LogP contribution < -0.4 is 0 Å². The van der Waals surface area contributed by atoms with Crippen LogP contribution in [0.25, 0.3) is 0 Å². The normalized spacial score (nSPS) is 13.8. The Labute approximate surface area is 80.7 Å². The molecule has 2 nitrogen and oxygen atoms in total. The number of carbonyl (C=O) groups is 1. The smallest absolute Gasteiger partial charge is 0.135 e. The fourth-order valence-corrected chi connectivity index (χ4v) is 1.14. The fourth-order valence-electron chi connectivity index (χ4n) is 1.14. The molecule has 1 unspecified atom stereocenters. The van der Waals surface area contributed by atoms with Crippen LogP contribution in [0.3, 0.4) is 0 Å². The molecule has 0 fully saturated rings. The minimum absolute atomic E-state index is 0.115. The molecular formula is C11H20O2. The minimum Gasteiger partial charge on any atom is -0.392 e. The van der Waals surface area contributed by atoms with Gasteiger partial charge in [-0.3, -0.25) is 4.79 Å². The standard InChI is InChI=1S/C11H20O2/c1-5-7-11(3,4)10(13)8-9(12)6-2/h5,10,13H,1,6-8H2,2-4H3. The molecule has 0 saturated heterocycles.